The molecule has 0 unspecified atom stereocenters. The zero-order chi connectivity index (χ0) is 16.5. The molecule has 1 fully saturated rings. The zero-order valence-electron chi connectivity index (χ0n) is 13.8. The van der Waals surface area contributed by atoms with E-state index in [0.29, 0.717) is 5.58 Å². The molecule has 3 aromatic rings. The Balaban J connectivity index is 1.58. The van der Waals surface area contributed by atoms with Gasteiger partial charge in [-0.1, -0.05) is 18.2 Å². The Morgan fingerprint density at radius 1 is 1.21 bits per heavy atom. The van der Waals surface area contributed by atoms with Crippen molar-refractivity contribution < 1.29 is 4.42 Å². The maximum absolute atomic E-state index is 12.3. The van der Waals surface area contributed by atoms with Crippen LogP contribution in [0.5, 0.6) is 0 Å². The number of pyridine rings is 1. The van der Waals surface area contributed by atoms with Crippen molar-refractivity contribution in [1.29, 1.82) is 0 Å². The monoisotopic (exact) mass is 323 g/mol. The van der Waals surface area contributed by atoms with Gasteiger partial charge in [-0.05, 0) is 50.6 Å². The molecule has 0 bridgehead atoms. The Bertz CT molecular complexity index is 912. The van der Waals surface area contributed by atoms with E-state index in [-0.39, 0.29) is 11.8 Å². The first-order valence-electron chi connectivity index (χ1n) is 8.46. The standard InChI is InChI=1S/C19H21N3O2/c1-14-6-4-7-15(20-14)12-21-11-5-8-16(13-21)22-17-9-2-3-10-18(17)24-19(22)23/h2-4,6-7,9-10,16H,5,8,11-13H2,1H3/t16-/m0/s1. The van der Waals surface area contributed by atoms with E-state index in [1.807, 2.05) is 47.9 Å². The molecule has 1 aromatic carbocycles. The first-order valence-corrected chi connectivity index (χ1v) is 8.46. The highest BCUT2D eigenvalue weighted by molar-refractivity contribution is 5.72. The van der Waals surface area contributed by atoms with Gasteiger partial charge in [0.2, 0.25) is 0 Å². The number of para-hydroxylation sites is 2. The molecular weight excluding hydrogens is 302 g/mol. The Labute approximate surface area is 140 Å². The summed E-state index contributed by atoms with van der Waals surface area (Å²) in [6.45, 7) is 4.72. The van der Waals surface area contributed by atoms with Gasteiger partial charge in [0.05, 0.1) is 17.3 Å². The van der Waals surface area contributed by atoms with Crippen LogP contribution in [0.1, 0.15) is 30.3 Å². The second-order valence-electron chi connectivity index (χ2n) is 6.51. The molecule has 24 heavy (non-hydrogen) atoms. The third kappa shape index (κ3) is 2.87. The van der Waals surface area contributed by atoms with E-state index in [9.17, 15) is 4.79 Å². The SMILES string of the molecule is Cc1cccc(CN2CCC[C@H](n3c(=O)oc4ccccc43)C2)n1. The molecule has 1 atom stereocenters. The van der Waals surface area contributed by atoms with Gasteiger partial charge >= 0.3 is 5.76 Å². The lowest BCUT2D eigenvalue weighted by Gasteiger charge is -2.32. The van der Waals surface area contributed by atoms with Gasteiger partial charge in [-0.3, -0.25) is 14.5 Å². The maximum atomic E-state index is 12.3. The third-order valence-corrected chi connectivity index (χ3v) is 4.70. The summed E-state index contributed by atoms with van der Waals surface area (Å²) in [5, 5.41) is 0. The molecule has 124 valence electrons. The fraction of sp³-hybridized carbons (Fsp3) is 0.368. The molecule has 0 aliphatic carbocycles. The van der Waals surface area contributed by atoms with Gasteiger partial charge in [0, 0.05) is 18.8 Å². The molecule has 2 aromatic heterocycles. The van der Waals surface area contributed by atoms with E-state index in [2.05, 4.69) is 16.0 Å². The predicted octanol–water partition coefficient (Wildman–Crippen LogP) is 3.14. The molecule has 0 amide bonds. The van der Waals surface area contributed by atoms with E-state index in [1.165, 1.54) is 0 Å². The quantitative estimate of drug-likeness (QED) is 0.743. The van der Waals surface area contributed by atoms with Crippen molar-refractivity contribution >= 4 is 11.1 Å². The van der Waals surface area contributed by atoms with Crippen molar-refractivity contribution in [3.05, 3.63) is 64.4 Å². The Morgan fingerprint density at radius 2 is 2.08 bits per heavy atom. The minimum Gasteiger partial charge on any atom is -0.408 e. The lowest BCUT2D eigenvalue weighted by atomic mass is 10.0. The van der Waals surface area contributed by atoms with Crippen LogP contribution in [0.2, 0.25) is 0 Å². The van der Waals surface area contributed by atoms with Gasteiger partial charge in [-0.15, -0.1) is 0 Å². The van der Waals surface area contributed by atoms with E-state index in [1.54, 1.807) is 0 Å². The van der Waals surface area contributed by atoms with E-state index < -0.39 is 0 Å². The van der Waals surface area contributed by atoms with Crippen LogP contribution in [0, 0.1) is 6.92 Å². The van der Waals surface area contributed by atoms with Crippen molar-refractivity contribution in [3.8, 4) is 0 Å². The number of hydrogen-bond acceptors (Lipinski definition) is 4. The largest absolute Gasteiger partial charge is 0.420 e. The average Bonchev–Trinajstić information content (AvgIpc) is 2.91. The smallest absolute Gasteiger partial charge is 0.408 e. The van der Waals surface area contributed by atoms with Crippen LogP contribution in [-0.2, 0) is 6.54 Å². The molecule has 0 saturated carbocycles. The summed E-state index contributed by atoms with van der Waals surface area (Å²) >= 11 is 0. The second-order valence-corrected chi connectivity index (χ2v) is 6.51. The molecular formula is C19H21N3O2. The van der Waals surface area contributed by atoms with Gasteiger partial charge < -0.3 is 4.42 Å². The highest BCUT2D eigenvalue weighted by Crippen LogP contribution is 2.25. The number of oxazole rings is 1. The van der Waals surface area contributed by atoms with E-state index in [4.69, 9.17) is 4.42 Å². The molecule has 1 aliphatic rings. The molecule has 1 saturated heterocycles. The first kappa shape index (κ1) is 15.1. The van der Waals surface area contributed by atoms with Gasteiger partial charge in [0.25, 0.3) is 0 Å². The second kappa shape index (κ2) is 6.24. The summed E-state index contributed by atoms with van der Waals surface area (Å²) in [5.41, 5.74) is 3.68. The van der Waals surface area contributed by atoms with Crippen LogP contribution in [0.3, 0.4) is 0 Å². The van der Waals surface area contributed by atoms with Crippen molar-refractivity contribution in [2.45, 2.75) is 32.4 Å². The van der Waals surface area contributed by atoms with Crippen LogP contribution in [0.25, 0.3) is 11.1 Å². The maximum Gasteiger partial charge on any atom is 0.420 e. The van der Waals surface area contributed by atoms with Crippen molar-refractivity contribution in [2.24, 2.45) is 0 Å². The third-order valence-electron chi connectivity index (χ3n) is 4.70. The normalized spacial score (nSPS) is 19.0. The Kier molecular flexibility index (Phi) is 3.94. The number of nitrogens with zero attached hydrogens (tertiary/aromatic N) is 3. The summed E-state index contributed by atoms with van der Waals surface area (Å²) in [7, 11) is 0. The fourth-order valence-electron chi connectivity index (χ4n) is 3.63. The highest BCUT2D eigenvalue weighted by atomic mass is 16.4. The van der Waals surface area contributed by atoms with Crippen LogP contribution in [0.15, 0.2) is 51.7 Å². The number of rotatable bonds is 3. The summed E-state index contributed by atoms with van der Waals surface area (Å²) in [6, 6.07) is 13.9. The van der Waals surface area contributed by atoms with Gasteiger partial charge in [-0.2, -0.15) is 0 Å². The van der Waals surface area contributed by atoms with Gasteiger partial charge in [0.1, 0.15) is 0 Å². The molecule has 0 spiro atoms. The number of aromatic nitrogens is 2. The zero-order valence-corrected chi connectivity index (χ0v) is 13.8. The van der Waals surface area contributed by atoms with Crippen molar-refractivity contribution in [2.75, 3.05) is 13.1 Å². The minimum atomic E-state index is -0.253. The molecule has 4 rings (SSSR count). The van der Waals surface area contributed by atoms with Crippen LogP contribution in [-0.4, -0.2) is 27.5 Å². The van der Waals surface area contributed by atoms with Crippen molar-refractivity contribution in [1.82, 2.24) is 14.5 Å². The number of fused-ring (bicyclic) bond motifs is 1. The lowest BCUT2D eigenvalue weighted by molar-refractivity contribution is 0.166. The molecule has 5 nitrogen and oxygen atoms in total. The topological polar surface area (TPSA) is 51.3 Å². The summed E-state index contributed by atoms with van der Waals surface area (Å²) in [6.07, 6.45) is 2.07. The number of aryl methyl sites for hydroxylation is 1. The Hall–Kier alpha value is -2.40. The Morgan fingerprint density at radius 3 is 2.96 bits per heavy atom. The number of benzene rings is 1. The number of hydrogen-bond donors (Lipinski definition) is 0. The fourth-order valence-corrected chi connectivity index (χ4v) is 3.63. The van der Waals surface area contributed by atoms with E-state index in [0.717, 1.165) is 49.4 Å². The molecule has 5 heteroatoms. The summed E-state index contributed by atoms with van der Waals surface area (Å²) < 4.78 is 7.22. The van der Waals surface area contributed by atoms with Crippen molar-refractivity contribution in [3.63, 3.8) is 0 Å². The number of likely N-dealkylation sites (tertiary alicyclic amines) is 1. The van der Waals surface area contributed by atoms with Gasteiger partial charge in [-0.25, -0.2) is 4.79 Å². The first-order chi connectivity index (χ1) is 11.7. The minimum absolute atomic E-state index is 0.153. The van der Waals surface area contributed by atoms with Crippen LogP contribution < -0.4 is 5.76 Å². The average molecular weight is 323 g/mol. The molecule has 0 radical (unpaired) electrons. The van der Waals surface area contributed by atoms with Gasteiger partial charge in [0.15, 0.2) is 5.58 Å². The lowest BCUT2D eigenvalue weighted by Crippen LogP contribution is -2.38. The summed E-state index contributed by atoms with van der Waals surface area (Å²) in [4.78, 5) is 19.3. The predicted molar refractivity (Wildman–Crippen MR) is 93.0 cm³/mol. The molecule has 0 N–H and O–H groups in total. The van der Waals surface area contributed by atoms with E-state index >= 15 is 0 Å². The highest BCUT2D eigenvalue weighted by Gasteiger charge is 2.25. The summed E-state index contributed by atoms with van der Waals surface area (Å²) in [5.74, 6) is -0.253. The molecule has 3 heterocycles. The number of piperidine rings is 1. The van der Waals surface area contributed by atoms with Crippen LogP contribution in [0.4, 0.5) is 0 Å². The molecule has 1 aliphatic heterocycles. The van der Waals surface area contributed by atoms with Crippen LogP contribution >= 0.6 is 0 Å².